The van der Waals surface area contributed by atoms with Gasteiger partial charge in [-0.05, 0) is 31.2 Å². The zero-order chi connectivity index (χ0) is 18.2. The van der Waals surface area contributed by atoms with Gasteiger partial charge in [0.2, 0.25) is 5.82 Å². The molecule has 0 atom stereocenters. The van der Waals surface area contributed by atoms with Crippen LogP contribution < -0.4 is 5.32 Å². The molecule has 2 heterocycles. The molecule has 0 unspecified atom stereocenters. The Morgan fingerprint density at radius 1 is 1.28 bits per heavy atom. The molecular formula is C16H12F4N4O. The average Bonchev–Trinajstić information content (AvgIpc) is 2.92. The third kappa shape index (κ3) is 3.30. The number of hydrogen-bond acceptors (Lipinski definition) is 3. The summed E-state index contributed by atoms with van der Waals surface area (Å²) in [7, 11) is 0. The van der Waals surface area contributed by atoms with Gasteiger partial charge in [0.1, 0.15) is 11.6 Å². The Labute approximate surface area is 139 Å². The number of carbonyl (C=O) groups excluding carboxylic acids is 1. The highest BCUT2D eigenvalue weighted by atomic mass is 19.4. The van der Waals surface area contributed by atoms with Gasteiger partial charge in [0.25, 0.3) is 5.91 Å². The minimum Gasteiger partial charge on any atom is -0.347 e. The van der Waals surface area contributed by atoms with Crippen LogP contribution in [-0.4, -0.2) is 20.4 Å². The third-order valence-electron chi connectivity index (χ3n) is 3.58. The van der Waals surface area contributed by atoms with Crippen molar-refractivity contribution in [1.82, 2.24) is 14.5 Å². The lowest BCUT2D eigenvalue weighted by atomic mass is 10.1. The van der Waals surface area contributed by atoms with Crippen LogP contribution in [0.1, 0.15) is 23.1 Å². The molecule has 0 spiro atoms. The van der Waals surface area contributed by atoms with E-state index >= 15 is 0 Å². The molecule has 0 fully saturated rings. The molecule has 9 heteroatoms. The van der Waals surface area contributed by atoms with E-state index in [4.69, 9.17) is 0 Å². The zero-order valence-corrected chi connectivity index (χ0v) is 12.9. The van der Waals surface area contributed by atoms with E-state index in [-0.39, 0.29) is 11.4 Å². The van der Waals surface area contributed by atoms with Gasteiger partial charge < -0.3 is 9.88 Å². The number of rotatable bonds is 3. The van der Waals surface area contributed by atoms with Crippen molar-refractivity contribution in [2.75, 3.05) is 5.32 Å². The monoisotopic (exact) mass is 352 g/mol. The summed E-state index contributed by atoms with van der Waals surface area (Å²) in [6.45, 7) is 2.39. The van der Waals surface area contributed by atoms with E-state index in [2.05, 4.69) is 15.3 Å². The maximum Gasteiger partial charge on any atom is 0.451 e. The number of hydrogen-bond donors (Lipinski definition) is 1. The van der Waals surface area contributed by atoms with Gasteiger partial charge in [-0.3, -0.25) is 4.79 Å². The van der Waals surface area contributed by atoms with Gasteiger partial charge in [0.05, 0.1) is 5.56 Å². The first-order valence-electron chi connectivity index (χ1n) is 7.29. The van der Waals surface area contributed by atoms with E-state index in [9.17, 15) is 22.4 Å². The SMILES string of the molecule is CCn1cc(C(=O)Nc2ccnc(C(F)(F)F)n2)c2cc(F)ccc21. The third-order valence-corrected chi connectivity index (χ3v) is 3.58. The van der Waals surface area contributed by atoms with Crippen molar-refractivity contribution >= 4 is 22.6 Å². The maximum atomic E-state index is 13.5. The quantitative estimate of drug-likeness (QED) is 0.728. The molecule has 0 aliphatic heterocycles. The van der Waals surface area contributed by atoms with E-state index in [0.29, 0.717) is 17.4 Å². The van der Waals surface area contributed by atoms with Crippen molar-refractivity contribution in [3.63, 3.8) is 0 Å². The van der Waals surface area contributed by atoms with Gasteiger partial charge in [-0.15, -0.1) is 0 Å². The predicted molar refractivity (Wildman–Crippen MR) is 82.6 cm³/mol. The van der Waals surface area contributed by atoms with Crippen LogP contribution in [0.15, 0.2) is 36.7 Å². The van der Waals surface area contributed by atoms with Gasteiger partial charge in [0, 0.05) is 29.8 Å². The number of alkyl halides is 3. The van der Waals surface area contributed by atoms with Crippen LogP contribution in [-0.2, 0) is 12.7 Å². The highest BCUT2D eigenvalue weighted by molar-refractivity contribution is 6.12. The van der Waals surface area contributed by atoms with Crippen LogP contribution in [0.4, 0.5) is 23.4 Å². The summed E-state index contributed by atoms with van der Waals surface area (Å²) >= 11 is 0. The lowest BCUT2D eigenvalue weighted by molar-refractivity contribution is -0.144. The van der Waals surface area contributed by atoms with Crippen molar-refractivity contribution in [3.8, 4) is 0 Å². The summed E-state index contributed by atoms with van der Waals surface area (Å²) in [5, 5.41) is 2.66. The molecule has 1 amide bonds. The Kier molecular flexibility index (Phi) is 4.15. The Morgan fingerprint density at radius 2 is 2.04 bits per heavy atom. The lowest BCUT2D eigenvalue weighted by Gasteiger charge is -2.07. The summed E-state index contributed by atoms with van der Waals surface area (Å²) < 4.78 is 53.2. The van der Waals surface area contributed by atoms with Crippen LogP contribution in [0.3, 0.4) is 0 Å². The minimum absolute atomic E-state index is 0.142. The van der Waals surface area contributed by atoms with Crippen molar-refractivity contribution < 1.29 is 22.4 Å². The normalized spacial score (nSPS) is 11.7. The molecule has 130 valence electrons. The Bertz CT molecular complexity index is 949. The fourth-order valence-corrected chi connectivity index (χ4v) is 2.46. The number of carbonyl (C=O) groups is 1. The predicted octanol–water partition coefficient (Wildman–Crippen LogP) is 3.86. The summed E-state index contributed by atoms with van der Waals surface area (Å²) in [6.07, 6.45) is -2.30. The first-order valence-corrected chi connectivity index (χ1v) is 7.29. The van der Waals surface area contributed by atoms with Crippen LogP contribution >= 0.6 is 0 Å². The van der Waals surface area contributed by atoms with Crippen molar-refractivity contribution in [3.05, 3.63) is 53.9 Å². The Balaban J connectivity index is 1.97. The first kappa shape index (κ1) is 16.9. The van der Waals surface area contributed by atoms with E-state index in [0.717, 1.165) is 12.3 Å². The molecule has 1 N–H and O–H groups in total. The van der Waals surface area contributed by atoms with Crippen LogP contribution in [0.5, 0.6) is 0 Å². The largest absolute Gasteiger partial charge is 0.451 e. The second-order valence-electron chi connectivity index (χ2n) is 5.21. The highest BCUT2D eigenvalue weighted by Gasteiger charge is 2.34. The van der Waals surface area contributed by atoms with E-state index in [1.807, 2.05) is 6.92 Å². The van der Waals surface area contributed by atoms with Crippen molar-refractivity contribution in [1.29, 1.82) is 0 Å². The molecule has 25 heavy (non-hydrogen) atoms. The van der Waals surface area contributed by atoms with Gasteiger partial charge in [0.15, 0.2) is 0 Å². The van der Waals surface area contributed by atoms with E-state index in [1.165, 1.54) is 24.4 Å². The van der Waals surface area contributed by atoms with Gasteiger partial charge >= 0.3 is 6.18 Å². The Hall–Kier alpha value is -2.97. The number of anilines is 1. The molecule has 0 saturated carbocycles. The van der Waals surface area contributed by atoms with Gasteiger partial charge in [-0.2, -0.15) is 13.2 Å². The topological polar surface area (TPSA) is 59.8 Å². The average molecular weight is 352 g/mol. The van der Waals surface area contributed by atoms with Crippen LogP contribution in [0.25, 0.3) is 10.9 Å². The number of fused-ring (bicyclic) bond motifs is 1. The summed E-state index contributed by atoms with van der Waals surface area (Å²) in [4.78, 5) is 18.9. The number of amides is 1. The number of aromatic nitrogens is 3. The molecular weight excluding hydrogens is 340 g/mol. The smallest absolute Gasteiger partial charge is 0.347 e. The number of nitrogens with zero attached hydrogens (tertiary/aromatic N) is 3. The second kappa shape index (κ2) is 6.15. The van der Waals surface area contributed by atoms with Gasteiger partial charge in [-0.25, -0.2) is 14.4 Å². The minimum atomic E-state index is -4.72. The van der Waals surface area contributed by atoms with E-state index in [1.54, 1.807) is 4.57 Å². The summed E-state index contributed by atoms with van der Waals surface area (Å²) in [5.74, 6) is -2.85. The number of benzene rings is 1. The fraction of sp³-hybridized carbons (Fsp3) is 0.188. The summed E-state index contributed by atoms with van der Waals surface area (Å²) in [6, 6.07) is 5.16. The van der Waals surface area contributed by atoms with Crippen LogP contribution in [0, 0.1) is 5.82 Å². The first-order chi connectivity index (χ1) is 11.8. The highest BCUT2D eigenvalue weighted by Crippen LogP contribution is 2.27. The molecule has 3 aromatic rings. The second-order valence-corrected chi connectivity index (χ2v) is 5.21. The van der Waals surface area contributed by atoms with Crippen molar-refractivity contribution in [2.24, 2.45) is 0 Å². The number of nitrogens with one attached hydrogen (secondary N) is 1. The molecule has 0 aliphatic rings. The standard InChI is InChI=1S/C16H12F4N4O/c1-2-24-8-11(10-7-9(17)3-4-12(10)24)14(25)22-13-5-6-21-15(23-13)16(18,19)20/h3-8H,2H2,1H3,(H,21,22,23,25). The fourth-order valence-electron chi connectivity index (χ4n) is 2.46. The molecule has 3 rings (SSSR count). The van der Waals surface area contributed by atoms with Crippen LogP contribution in [0.2, 0.25) is 0 Å². The molecule has 0 saturated heterocycles. The van der Waals surface area contributed by atoms with E-state index < -0.39 is 23.7 Å². The van der Waals surface area contributed by atoms with Gasteiger partial charge in [-0.1, -0.05) is 0 Å². The number of halogens is 4. The zero-order valence-electron chi connectivity index (χ0n) is 12.9. The molecule has 5 nitrogen and oxygen atoms in total. The number of aryl methyl sites for hydroxylation is 1. The molecule has 1 aromatic carbocycles. The maximum absolute atomic E-state index is 13.5. The molecule has 2 aromatic heterocycles. The van der Waals surface area contributed by atoms with Crippen molar-refractivity contribution in [2.45, 2.75) is 19.6 Å². The Morgan fingerprint density at radius 3 is 2.72 bits per heavy atom. The lowest BCUT2D eigenvalue weighted by Crippen LogP contribution is -2.16. The molecule has 0 radical (unpaired) electrons. The molecule has 0 bridgehead atoms. The summed E-state index contributed by atoms with van der Waals surface area (Å²) in [5.41, 5.74) is 0.788. The molecule has 0 aliphatic carbocycles.